The number of anilines is 2. The first kappa shape index (κ1) is 19.0. The largest absolute Gasteiger partial charge is 0.478 e. The lowest BCUT2D eigenvalue weighted by Crippen LogP contribution is -2.39. The Morgan fingerprint density at radius 1 is 1.21 bits per heavy atom. The highest BCUT2D eigenvalue weighted by molar-refractivity contribution is 7.15. The normalized spacial score (nSPS) is 15.2. The number of amides is 2. The van der Waals surface area contributed by atoms with Gasteiger partial charge in [0, 0.05) is 17.5 Å². The van der Waals surface area contributed by atoms with Crippen molar-refractivity contribution >= 4 is 34.0 Å². The molecule has 1 aromatic heterocycles. The minimum absolute atomic E-state index is 0.168. The quantitative estimate of drug-likeness (QED) is 0.665. The summed E-state index contributed by atoms with van der Waals surface area (Å²) < 4.78 is 31.9. The summed E-state index contributed by atoms with van der Waals surface area (Å²) in [6.45, 7) is 0. The van der Waals surface area contributed by atoms with Crippen LogP contribution >= 0.6 is 11.3 Å². The first-order valence-corrected chi connectivity index (χ1v) is 9.54. The van der Waals surface area contributed by atoms with Gasteiger partial charge in [0.2, 0.25) is 5.91 Å². The standard InChI is InChI=1S/C20H15F2N3O3S/c21-13-6-5-11(8-14(13)22)7-12-10-23-20(29-12)25-18(26)9-17-19(27)24-15-3-1-2-4-16(15)28-17/h1-6,8,10,17H,7,9H2,(H,24,27)(H,23,25,26). The molecule has 0 saturated carbocycles. The molecule has 1 aliphatic heterocycles. The lowest BCUT2D eigenvalue weighted by atomic mass is 10.1. The van der Waals surface area contributed by atoms with E-state index in [1.165, 1.54) is 17.4 Å². The van der Waals surface area contributed by atoms with Gasteiger partial charge in [0.1, 0.15) is 5.75 Å². The highest BCUT2D eigenvalue weighted by Crippen LogP contribution is 2.30. The van der Waals surface area contributed by atoms with Crippen molar-refractivity contribution in [1.82, 2.24) is 4.98 Å². The predicted molar refractivity (Wildman–Crippen MR) is 104 cm³/mol. The van der Waals surface area contributed by atoms with Gasteiger partial charge in [0.25, 0.3) is 5.91 Å². The molecule has 0 saturated heterocycles. The van der Waals surface area contributed by atoms with Crippen LogP contribution in [0.1, 0.15) is 16.9 Å². The molecule has 0 aliphatic carbocycles. The fraction of sp³-hybridized carbons (Fsp3) is 0.150. The summed E-state index contributed by atoms with van der Waals surface area (Å²) in [6, 6.07) is 10.7. The van der Waals surface area contributed by atoms with Crippen molar-refractivity contribution in [2.45, 2.75) is 18.9 Å². The van der Waals surface area contributed by atoms with Crippen LogP contribution in [0.2, 0.25) is 0 Å². The molecule has 6 nitrogen and oxygen atoms in total. The zero-order chi connectivity index (χ0) is 20.4. The van der Waals surface area contributed by atoms with Crippen molar-refractivity contribution in [3.05, 3.63) is 70.7 Å². The molecular weight excluding hydrogens is 400 g/mol. The fourth-order valence-corrected chi connectivity index (χ4v) is 3.73. The van der Waals surface area contributed by atoms with Crippen molar-refractivity contribution in [2.24, 2.45) is 0 Å². The SMILES string of the molecule is O=C(CC1Oc2ccccc2NC1=O)Nc1ncc(Cc2ccc(F)c(F)c2)s1. The molecule has 0 radical (unpaired) electrons. The number of halogens is 2. The van der Waals surface area contributed by atoms with Crippen LogP contribution < -0.4 is 15.4 Å². The number of rotatable bonds is 5. The molecule has 2 N–H and O–H groups in total. The zero-order valence-corrected chi connectivity index (χ0v) is 15.8. The molecular formula is C20H15F2N3O3S. The van der Waals surface area contributed by atoms with Gasteiger partial charge in [-0.25, -0.2) is 13.8 Å². The van der Waals surface area contributed by atoms with Crippen molar-refractivity contribution in [2.75, 3.05) is 10.6 Å². The second-order valence-corrected chi connectivity index (χ2v) is 7.52. The fourth-order valence-electron chi connectivity index (χ4n) is 2.86. The topological polar surface area (TPSA) is 80.3 Å². The molecule has 1 atom stereocenters. The van der Waals surface area contributed by atoms with Gasteiger partial charge in [-0.15, -0.1) is 11.3 Å². The lowest BCUT2D eigenvalue weighted by molar-refractivity contribution is -0.128. The van der Waals surface area contributed by atoms with Crippen molar-refractivity contribution in [3.8, 4) is 5.75 Å². The second kappa shape index (κ2) is 7.96. The Bertz CT molecular complexity index is 1090. The van der Waals surface area contributed by atoms with Crippen LogP contribution in [0, 0.1) is 11.6 Å². The highest BCUT2D eigenvalue weighted by atomic mass is 32.1. The predicted octanol–water partition coefficient (Wildman–Crippen LogP) is 3.74. The van der Waals surface area contributed by atoms with Gasteiger partial charge in [-0.2, -0.15) is 0 Å². The summed E-state index contributed by atoms with van der Waals surface area (Å²) in [4.78, 5) is 29.3. The average molecular weight is 415 g/mol. The minimum Gasteiger partial charge on any atom is -0.478 e. The third-order valence-corrected chi connectivity index (χ3v) is 5.15. The van der Waals surface area contributed by atoms with E-state index < -0.39 is 29.6 Å². The Balaban J connectivity index is 1.36. The van der Waals surface area contributed by atoms with E-state index in [0.29, 0.717) is 28.6 Å². The van der Waals surface area contributed by atoms with E-state index in [4.69, 9.17) is 4.74 Å². The number of fused-ring (bicyclic) bond motifs is 1. The molecule has 9 heteroatoms. The first-order chi connectivity index (χ1) is 14.0. The van der Waals surface area contributed by atoms with Gasteiger partial charge in [-0.1, -0.05) is 18.2 Å². The van der Waals surface area contributed by atoms with E-state index in [1.54, 1.807) is 30.5 Å². The van der Waals surface area contributed by atoms with E-state index in [2.05, 4.69) is 15.6 Å². The van der Waals surface area contributed by atoms with Gasteiger partial charge in [-0.05, 0) is 29.8 Å². The summed E-state index contributed by atoms with van der Waals surface area (Å²) in [5.74, 6) is -2.11. The maximum absolute atomic E-state index is 13.3. The van der Waals surface area contributed by atoms with Crippen LogP contribution in [0.3, 0.4) is 0 Å². The number of hydrogen-bond acceptors (Lipinski definition) is 5. The van der Waals surface area contributed by atoms with E-state index in [1.807, 2.05) is 0 Å². The van der Waals surface area contributed by atoms with Crippen molar-refractivity contribution in [3.63, 3.8) is 0 Å². The number of carbonyl (C=O) groups excluding carboxylic acids is 2. The van der Waals surface area contributed by atoms with Crippen molar-refractivity contribution < 1.29 is 23.1 Å². The Morgan fingerprint density at radius 2 is 2.03 bits per heavy atom. The molecule has 1 unspecified atom stereocenters. The number of hydrogen-bond donors (Lipinski definition) is 2. The van der Waals surface area contributed by atoms with E-state index in [-0.39, 0.29) is 6.42 Å². The number of para-hydroxylation sites is 2. The Kier molecular flexibility index (Phi) is 5.22. The monoisotopic (exact) mass is 415 g/mol. The number of aromatic nitrogens is 1. The lowest BCUT2D eigenvalue weighted by Gasteiger charge is -2.25. The molecule has 29 heavy (non-hydrogen) atoms. The molecule has 0 spiro atoms. The second-order valence-electron chi connectivity index (χ2n) is 6.40. The number of nitrogens with one attached hydrogen (secondary N) is 2. The molecule has 4 rings (SSSR count). The molecule has 2 amide bonds. The van der Waals surface area contributed by atoms with Gasteiger partial charge in [0.15, 0.2) is 22.9 Å². The van der Waals surface area contributed by atoms with Gasteiger partial charge >= 0.3 is 0 Å². The summed E-state index contributed by atoms with van der Waals surface area (Å²) in [7, 11) is 0. The minimum atomic E-state index is -0.938. The summed E-state index contributed by atoms with van der Waals surface area (Å²) in [5.41, 5.74) is 1.16. The molecule has 2 aromatic carbocycles. The number of thiazole rings is 1. The van der Waals surface area contributed by atoms with Gasteiger partial charge in [0.05, 0.1) is 12.1 Å². The maximum Gasteiger partial charge on any atom is 0.266 e. The van der Waals surface area contributed by atoms with Gasteiger partial charge in [-0.3, -0.25) is 9.59 Å². The average Bonchev–Trinajstić information content (AvgIpc) is 3.12. The third kappa shape index (κ3) is 4.40. The number of ether oxygens (including phenoxy) is 1. The summed E-state index contributed by atoms with van der Waals surface area (Å²) in [6.07, 6.45) is 0.807. The Labute approximate surface area is 168 Å². The van der Waals surface area contributed by atoms with E-state index in [0.717, 1.165) is 17.0 Å². The van der Waals surface area contributed by atoms with Crippen LogP contribution in [0.25, 0.3) is 0 Å². The number of benzene rings is 2. The Morgan fingerprint density at radius 3 is 2.86 bits per heavy atom. The third-order valence-electron chi connectivity index (χ3n) is 4.24. The zero-order valence-electron chi connectivity index (χ0n) is 14.9. The van der Waals surface area contributed by atoms with Crippen LogP contribution in [0.4, 0.5) is 19.6 Å². The van der Waals surface area contributed by atoms with E-state index >= 15 is 0 Å². The van der Waals surface area contributed by atoms with Crippen LogP contribution in [-0.4, -0.2) is 22.9 Å². The maximum atomic E-state index is 13.3. The summed E-state index contributed by atoms with van der Waals surface area (Å²) >= 11 is 1.22. The molecule has 1 aliphatic rings. The summed E-state index contributed by atoms with van der Waals surface area (Å²) in [5, 5.41) is 5.69. The smallest absolute Gasteiger partial charge is 0.266 e. The van der Waals surface area contributed by atoms with Crippen LogP contribution in [0.15, 0.2) is 48.7 Å². The molecule has 3 aromatic rings. The van der Waals surface area contributed by atoms with Crippen LogP contribution in [-0.2, 0) is 16.0 Å². The number of nitrogens with zero attached hydrogens (tertiary/aromatic N) is 1. The first-order valence-electron chi connectivity index (χ1n) is 8.73. The molecule has 2 heterocycles. The van der Waals surface area contributed by atoms with Crippen LogP contribution in [0.5, 0.6) is 5.75 Å². The molecule has 148 valence electrons. The number of carbonyl (C=O) groups is 2. The van der Waals surface area contributed by atoms with E-state index in [9.17, 15) is 18.4 Å². The Hall–Kier alpha value is -3.33. The van der Waals surface area contributed by atoms with Crippen molar-refractivity contribution in [1.29, 1.82) is 0 Å². The van der Waals surface area contributed by atoms with Gasteiger partial charge < -0.3 is 15.4 Å². The molecule has 0 fully saturated rings. The molecule has 0 bridgehead atoms. The highest BCUT2D eigenvalue weighted by Gasteiger charge is 2.29.